The molecule has 112 valence electrons. The number of benzene rings is 1. The monoisotopic (exact) mass is 277 g/mol. The first-order valence-electron chi connectivity index (χ1n) is 7.35. The van der Waals surface area contributed by atoms with E-state index in [2.05, 4.69) is 67.2 Å². The highest BCUT2D eigenvalue weighted by atomic mass is 16.3. The van der Waals surface area contributed by atoms with Crippen molar-refractivity contribution in [3.05, 3.63) is 24.3 Å². The van der Waals surface area contributed by atoms with Crippen molar-refractivity contribution in [2.75, 3.05) is 43.0 Å². The Balaban J connectivity index is 1.99. The Labute approximate surface area is 122 Å². The van der Waals surface area contributed by atoms with Gasteiger partial charge in [-0.3, -0.25) is 0 Å². The van der Waals surface area contributed by atoms with Crippen molar-refractivity contribution in [3.8, 4) is 0 Å². The molecule has 4 heteroatoms. The first-order chi connectivity index (χ1) is 9.37. The van der Waals surface area contributed by atoms with Crippen LogP contribution in [0.3, 0.4) is 0 Å². The van der Waals surface area contributed by atoms with Crippen LogP contribution in [0.5, 0.6) is 0 Å². The van der Waals surface area contributed by atoms with E-state index in [1.54, 1.807) is 0 Å². The van der Waals surface area contributed by atoms with E-state index < -0.39 is 0 Å². The van der Waals surface area contributed by atoms with Crippen LogP contribution < -0.4 is 15.1 Å². The van der Waals surface area contributed by atoms with Crippen LogP contribution in [0, 0.1) is 0 Å². The highest BCUT2D eigenvalue weighted by Crippen LogP contribution is 2.31. The molecule has 1 aromatic rings. The third kappa shape index (κ3) is 3.87. The molecule has 2 rings (SSSR count). The minimum Gasteiger partial charge on any atom is -0.390 e. The van der Waals surface area contributed by atoms with Crippen molar-refractivity contribution in [3.63, 3.8) is 0 Å². The maximum Gasteiger partial charge on any atom is 0.0839 e. The van der Waals surface area contributed by atoms with E-state index in [0.29, 0.717) is 13.1 Å². The third-order valence-corrected chi connectivity index (χ3v) is 3.64. The maximum absolute atomic E-state index is 10.2. The van der Waals surface area contributed by atoms with Crippen molar-refractivity contribution in [2.24, 2.45) is 0 Å². The van der Waals surface area contributed by atoms with Crippen LogP contribution in [0.2, 0.25) is 0 Å². The van der Waals surface area contributed by atoms with E-state index in [4.69, 9.17) is 0 Å². The van der Waals surface area contributed by atoms with Crippen LogP contribution in [-0.4, -0.2) is 50.0 Å². The van der Waals surface area contributed by atoms with Crippen LogP contribution in [0.25, 0.3) is 0 Å². The molecule has 1 aromatic carbocycles. The SMILES string of the molecule is CN1CCN(CC(O)CNC(C)(C)C)c2ccccc21. The maximum atomic E-state index is 10.2. The quantitative estimate of drug-likeness (QED) is 0.878. The first kappa shape index (κ1) is 15.1. The summed E-state index contributed by atoms with van der Waals surface area (Å²) >= 11 is 0. The number of rotatable bonds is 4. The molecule has 2 N–H and O–H groups in total. The molecule has 0 fully saturated rings. The van der Waals surface area contributed by atoms with Gasteiger partial charge in [0.05, 0.1) is 17.5 Å². The van der Waals surface area contributed by atoms with Gasteiger partial charge in [-0.2, -0.15) is 0 Å². The molecular formula is C16H27N3O. The molecule has 0 aliphatic carbocycles. The first-order valence-corrected chi connectivity index (χ1v) is 7.35. The van der Waals surface area contributed by atoms with Gasteiger partial charge in [0.1, 0.15) is 0 Å². The Morgan fingerprint density at radius 1 is 1.20 bits per heavy atom. The average Bonchev–Trinajstić information content (AvgIpc) is 2.39. The van der Waals surface area contributed by atoms with Crippen molar-refractivity contribution in [1.82, 2.24) is 5.32 Å². The predicted molar refractivity (Wildman–Crippen MR) is 85.7 cm³/mol. The fourth-order valence-corrected chi connectivity index (χ4v) is 2.50. The minimum absolute atomic E-state index is 0.0427. The average molecular weight is 277 g/mol. The van der Waals surface area contributed by atoms with Gasteiger partial charge in [0.2, 0.25) is 0 Å². The minimum atomic E-state index is -0.356. The molecule has 0 radical (unpaired) electrons. The molecule has 0 spiro atoms. The summed E-state index contributed by atoms with van der Waals surface area (Å²) in [5, 5.41) is 13.6. The number of aliphatic hydroxyl groups is 1. The summed E-state index contributed by atoms with van der Waals surface area (Å²) in [6, 6.07) is 8.40. The lowest BCUT2D eigenvalue weighted by molar-refractivity contribution is 0.165. The molecule has 4 nitrogen and oxygen atoms in total. The topological polar surface area (TPSA) is 38.7 Å². The van der Waals surface area contributed by atoms with E-state index in [1.807, 2.05) is 0 Å². The zero-order valence-electron chi connectivity index (χ0n) is 13.1. The summed E-state index contributed by atoms with van der Waals surface area (Å²) < 4.78 is 0. The molecular weight excluding hydrogens is 250 g/mol. The number of hydrogen-bond acceptors (Lipinski definition) is 4. The number of anilines is 2. The summed E-state index contributed by atoms with van der Waals surface area (Å²) in [6.07, 6.45) is -0.356. The van der Waals surface area contributed by atoms with Crippen LogP contribution in [0.1, 0.15) is 20.8 Å². The van der Waals surface area contributed by atoms with Gasteiger partial charge in [-0.1, -0.05) is 12.1 Å². The van der Waals surface area contributed by atoms with Crippen molar-refractivity contribution in [1.29, 1.82) is 0 Å². The molecule has 1 aliphatic heterocycles. The van der Waals surface area contributed by atoms with Crippen molar-refractivity contribution in [2.45, 2.75) is 32.4 Å². The Morgan fingerprint density at radius 3 is 2.50 bits per heavy atom. The predicted octanol–water partition coefficient (Wildman–Crippen LogP) is 1.69. The van der Waals surface area contributed by atoms with Gasteiger partial charge < -0.3 is 20.2 Å². The van der Waals surface area contributed by atoms with E-state index in [-0.39, 0.29) is 11.6 Å². The van der Waals surface area contributed by atoms with Crippen LogP contribution in [0.4, 0.5) is 11.4 Å². The molecule has 0 aromatic heterocycles. The summed E-state index contributed by atoms with van der Waals surface area (Å²) in [4.78, 5) is 4.55. The Bertz CT molecular complexity index is 442. The number of aliphatic hydroxyl groups excluding tert-OH is 1. The molecule has 0 bridgehead atoms. The number of likely N-dealkylation sites (N-methyl/N-ethyl adjacent to an activating group) is 1. The fourth-order valence-electron chi connectivity index (χ4n) is 2.50. The smallest absolute Gasteiger partial charge is 0.0839 e. The van der Waals surface area contributed by atoms with Crippen molar-refractivity contribution < 1.29 is 5.11 Å². The molecule has 20 heavy (non-hydrogen) atoms. The molecule has 0 saturated heterocycles. The van der Waals surface area contributed by atoms with Crippen LogP contribution in [0.15, 0.2) is 24.3 Å². The summed E-state index contributed by atoms with van der Waals surface area (Å²) in [6.45, 7) is 9.60. The Morgan fingerprint density at radius 2 is 1.85 bits per heavy atom. The summed E-state index contributed by atoms with van der Waals surface area (Å²) in [7, 11) is 2.12. The number of nitrogens with one attached hydrogen (secondary N) is 1. The highest BCUT2D eigenvalue weighted by molar-refractivity contribution is 5.73. The second-order valence-corrected chi connectivity index (χ2v) is 6.64. The van der Waals surface area contributed by atoms with Crippen LogP contribution >= 0.6 is 0 Å². The van der Waals surface area contributed by atoms with Gasteiger partial charge in [0.25, 0.3) is 0 Å². The summed E-state index contributed by atoms with van der Waals surface area (Å²) in [5.41, 5.74) is 2.51. The molecule has 1 atom stereocenters. The standard InChI is InChI=1S/C16H27N3O/c1-16(2,3)17-11-13(20)12-19-10-9-18(4)14-7-5-6-8-15(14)19/h5-8,13,17,20H,9-12H2,1-4H3. The Kier molecular flexibility index (Phi) is 4.55. The molecule has 0 amide bonds. The van der Waals surface area contributed by atoms with Gasteiger partial charge in [-0.15, -0.1) is 0 Å². The molecule has 1 aliphatic rings. The fraction of sp³-hybridized carbons (Fsp3) is 0.625. The zero-order valence-corrected chi connectivity index (χ0v) is 13.1. The largest absolute Gasteiger partial charge is 0.390 e. The number of β-amino-alcohol motifs (C(OH)–C–C–N with tert-alkyl or cyclic N) is 1. The molecule has 1 unspecified atom stereocenters. The van der Waals surface area contributed by atoms with E-state index in [1.165, 1.54) is 11.4 Å². The number of fused-ring (bicyclic) bond motifs is 1. The Hall–Kier alpha value is -1.26. The van der Waals surface area contributed by atoms with Gasteiger partial charge in [0.15, 0.2) is 0 Å². The lowest BCUT2D eigenvalue weighted by atomic mass is 10.1. The summed E-state index contributed by atoms with van der Waals surface area (Å²) in [5.74, 6) is 0. The van der Waals surface area contributed by atoms with E-state index in [0.717, 1.165) is 13.1 Å². The van der Waals surface area contributed by atoms with Crippen molar-refractivity contribution >= 4 is 11.4 Å². The zero-order chi connectivity index (χ0) is 14.8. The molecule has 0 saturated carbocycles. The second kappa shape index (κ2) is 6.02. The van der Waals surface area contributed by atoms with E-state index in [9.17, 15) is 5.11 Å². The number of para-hydroxylation sites is 2. The van der Waals surface area contributed by atoms with E-state index >= 15 is 0 Å². The highest BCUT2D eigenvalue weighted by Gasteiger charge is 2.22. The second-order valence-electron chi connectivity index (χ2n) is 6.64. The number of nitrogens with zero attached hydrogens (tertiary/aromatic N) is 2. The van der Waals surface area contributed by atoms with Gasteiger partial charge in [-0.25, -0.2) is 0 Å². The van der Waals surface area contributed by atoms with Gasteiger partial charge >= 0.3 is 0 Å². The van der Waals surface area contributed by atoms with Crippen LogP contribution in [-0.2, 0) is 0 Å². The van der Waals surface area contributed by atoms with Gasteiger partial charge in [-0.05, 0) is 32.9 Å². The van der Waals surface area contributed by atoms with Gasteiger partial charge in [0, 0.05) is 38.8 Å². The number of hydrogen-bond donors (Lipinski definition) is 2. The molecule has 1 heterocycles. The lowest BCUT2D eigenvalue weighted by Gasteiger charge is -2.38. The lowest BCUT2D eigenvalue weighted by Crippen LogP contribution is -2.47. The normalized spacial score (nSPS) is 17.1. The third-order valence-electron chi connectivity index (χ3n) is 3.64.